The minimum atomic E-state index is -0.994. The van der Waals surface area contributed by atoms with Crippen LogP contribution in [-0.2, 0) is 9.59 Å². The van der Waals surface area contributed by atoms with E-state index in [0.29, 0.717) is 10.6 Å². The van der Waals surface area contributed by atoms with Gasteiger partial charge in [-0.25, -0.2) is 0 Å². The fourth-order valence-corrected chi connectivity index (χ4v) is 2.25. The number of Topliss-reactive ketones (excluding diaryl/α,β-unsaturated/α-hetero) is 2. The van der Waals surface area contributed by atoms with Crippen LogP contribution in [0.2, 0.25) is 5.02 Å². The van der Waals surface area contributed by atoms with Crippen molar-refractivity contribution >= 4 is 23.2 Å². The van der Waals surface area contributed by atoms with Gasteiger partial charge in [0.1, 0.15) is 11.6 Å². The highest BCUT2D eigenvalue weighted by molar-refractivity contribution is 6.30. The average molecular weight is 284 g/mol. The van der Waals surface area contributed by atoms with Crippen molar-refractivity contribution in [3.63, 3.8) is 0 Å². The highest BCUT2D eigenvalue weighted by Crippen LogP contribution is 2.28. The predicted molar refractivity (Wildman–Crippen MR) is 70.9 cm³/mol. The van der Waals surface area contributed by atoms with E-state index in [4.69, 9.17) is 11.6 Å². The summed E-state index contributed by atoms with van der Waals surface area (Å²) in [6.07, 6.45) is 0. The predicted octanol–water partition coefficient (Wildman–Crippen LogP) is 2.49. The Morgan fingerprint density at radius 3 is 2.05 bits per heavy atom. The van der Waals surface area contributed by atoms with Gasteiger partial charge in [-0.15, -0.1) is 0 Å². The standard InChI is InChI=1S/C13H14ClNO4/c1-8(16)13(9(2)17)12(7-15(18)19)10-3-5-11(14)6-4-10/h3-6,12-13H,7H2,1-2H3. The van der Waals surface area contributed by atoms with E-state index in [1.54, 1.807) is 24.3 Å². The Morgan fingerprint density at radius 1 is 1.21 bits per heavy atom. The summed E-state index contributed by atoms with van der Waals surface area (Å²) >= 11 is 5.76. The van der Waals surface area contributed by atoms with Crippen LogP contribution < -0.4 is 0 Å². The summed E-state index contributed by atoms with van der Waals surface area (Å²) < 4.78 is 0. The van der Waals surface area contributed by atoms with Gasteiger partial charge in [-0.1, -0.05) is 23.7 Å². The quantitative estimate of drug-likeness (QED) is 0.456. The van der Waals surface area contributed by atoms with Crippen LogP contribution in [0.25, 0.3) is 0 Å². The Kier molecular flexibility index (Phi) is 5.18. The third-order valence-corrected chi connectivity index (χ3v) is 3.17. The molecule has 1 rings (SSSR count). The Labute approximate surface area is 115 Å². The summed E-state index contributed by atoms with van der Waals surface area (Å²) in [5.41, 5.74) is 0.566. The number of ketones is 2. The first-order valence-electron chi connectivity index (χ1n) is 5.71. The SMILES string of the molecule is CC(=O)C(C(C)=O)C(C[N+](=O)[O-])c1ccc(Cl)cc1. The molecular formula is C13H14ClNO4. The maximum atomic E-state index is 11.6. The van der Waals surface area contributed by atoms with Gasteiger partial charge in [-0.05, 0) is 31.5 Å². The minimum absolute atomic E-state index is 0.366. The molecule has 0 N–H and O–H groups in total. The van der Waals surface area contributed by atoms with E-state index in [9.17, 15) is 19.7 Å². The number of rotatable bonds is 6. The molecule has 1 aromatic carbocycles. The molecule has 0 bridgehead atoms. The lowest BCUT2D eigenvalue weighted by atomic mass is 9.81. The molecule has 102 valence electrons. The van der Waals surface area contributed by atoms with Crippen LogP contribution in [0.1, 0.15) is 25.3 Å². The van der Waals surface area contributed by atoms with Crippen molar-refractivity contribution in [3.8, 4) is 0 Å². The Morgan fingerprint density at radius 2 is 1.68 bits per heavy atom. The van der Waals surface area contributed by atoms with Crippen molar-refractivity contribution < 1.29 is 14.5 Å². The maximum absolute atomic E-state index is 11.6. The molecular weight excluding hydrogens is 270 g/mol. The van der Waals surface area contributed by atoms with E-state index in [1.807, 2.05) is 0 Å². The molecule has 1 unspecified atom stereocenters. The minimum Gasteiger partial charge on any atom is -0.299 e. The number of carbonyl (C=O) groups excluding carboxylic acids is 2. The van der Waals surface area contributed by atoms with E-state index >= 15 is 0 Å². The van der Waals surface area contributed by atoms with Gasteiger partial charge in [-0.3, -0.25) is 19.7 Å². The fourth-order valence-electron chi connectivity index (χ4n) is 2.13. The molecule has 19 heavy (non-hydrogen) atoms. The number of halogens is 1. The van der Waals surface area contributed by atoms with Gasteiger partial charge in [0.05, 0.1) is 11.8 Å². The molecule has 0 amide bonds. The van der Waals surface area contributed by atoms with Crippen LogP contribution in [0.15, 0.2) is 24.3 Å². The zero-order valence-corrected chi connectivity index (χ0v) is 11.4. The van der Waals surface area contributed by atoms with Crippen LogP contribution in [0.3, 0.4) is 0 Å². The van der Waals surface area contributed by atoms with Crippen LogP contribution in [0.5, 0.6) is 0 Å². The van der Waals surface area contributed by atoms with Gasteiger partial charge in [0.25, 0.3) is 0 Å². The van der Waals surface area contributed by atoms with Gasteiger partial charge in [0, 0.05) is 9.95 Å². The lowest BCUT2D eigenvalue weighted by molar-refractivity contribution is -0.484. The number of carbonyl (C=O) groups is 2. The molecule has 0 spiro atoms. The first kappa shape index (κ1) is 15.3. The lowest BCUT2D eigenvalue weighted by Gasteiger charge is -2.20. The summed E-state index contributed by atoms with van der Waals surface area (Å²) in [6.45, 7) is 2.08. The van der Waals surface area contributed by atoms with E-state index in [2.05, 4.69) is 0 Å². The number of hydrogen-bond donors (Lipinski definition) is 0. The first-order valence-corrected chi connectivity index (χ1v) is 6.09. The van der Waals surface area contributed by atoms with Crippen LogP contribution in [0.4, 0.5) is 0 Å². The Balaban J connectivity index is 3.19. The monoisotopic (exact) mass is 283 g/mol. The molecule has 0 saturated heterocycles. The van der Waals surface area contributed by atoms with Gasteiger partial charge >= 0.3 is 0 Å². The second-order valence-electron chi connectivity index (χ2n) is 4.37. The Hall–Kier alpha value is -1.75. The summed E-state index contributed by atoms with van der Waals surface area (Å²) in [4.78, 5) is 33.4. The summed E-state index contributed by atoms with van der Waals surface area (Å²) in [5.74, 6) is -2.49. The summed E-state index contributed by atoms with van der Waals surface area (Å²) in [7, 11) is 0. The van der Waals surface area contributed by atoms with Crippen molar-refractivity contribution in [2.45, 2.75) is 19.8 Å². The molecule has 0 aliphatic heterocycles. The third-order valence-electron chi connectivity index (χ3n) is 2.92. The summed E-state index contributed by atoms with van der Waals surface area (Å²) in [6, 6.07) is 6.38. The molecule has 0 fully saturated rings. The van der Waals surface area contributed by atoms with Crippen molar-refractivity contribution in [2.24, 2.45) is 5.92 Å². The molecule has 0 radical (unpaired) electrons. The van der Waals surface area contributed by atoms with Crippen LogP contribution >= 0.6 is 11.6 Å². The molecule has 5 nitrogen and oxygen atoms in total. The van der Waals surface area contributed by atoms with E-state index in [-0.39, 0.29) is 11.6 Å². The lowest BCUT2D eigenvalue weighted by Crippen LogP contribution is -2.31. The molecule has 0 aliphatic rings. The zero-order valence-electron chi connectivity index (χ0n) is 10.6. The molecule has 0 heterocycles. The van der Waals surface area contributed by atoms with Crippen LogP contribution in [0, 0.1) is 16.0 Å². The van der Waals surface area contributed by atoms with Gasteiger partial charge in [0.15, 0.2) is 0 Å². The number of benzene rings is 1. The second-order valence-corrected chi connectivity index (χ2v) is 4.81. The smallest absolute Gasteiger partial charge is 0.211 e. The van der Waals surface area contributed by atoms with Crippen molar-refractivity contribution in [1.29, 1.82) is 0 Å². The molecule has 0 aliphatic carbocycles. The molecule has 1 atom stereocenters. The van der Waals surface area contributed by atoms with Gasteiger partial charge < -0.3 is 0 Å². The topological polar surface area (TPSA) is 77.3 Å². The molecule has 0 saturated carbocycles. The fraction of sp³-hybridized carbons (Fsp3) is 0.385. The van der Waals surface area contributed by atoms with E-state index in [0.717, 1.165) is 0 Å². The van der Waals surface area contributed by atoms with Crippen molar-refractivity contribution in [3.05, 3.63) is 45.0 Å². The number of hydrogen-bond acceptors (Lipinski definition) is 4. The largest absolute Gasteiger partial charge is 0.299 e. The summed E-state index contributed by atoms with van der Waals surface area (Å²) in [5, 5.41) is 11.2. The van der Waals surface area contributed by atoms with Crippen molar-refractivity contribution in [2.75, 3.05) is 6.54 Å². The highest BCUT2D eigenvalue weighted by atomic mass is 35.5. The second kappa shape index (κ2) is 6.43. The van der Waals surface area contributed by atoms with Gasteiger partial charge in [-0.2, -0.15) is 0 Å². The molecule has 0 aromatic heterocycles. The third kappa shape index (κ3) is 4.13. The Bertz CT molecular complexity index is 484. The normalized spacial score (nSPS) is 12.2. The zero-order chi connectivity index (χ0) is 14.6. The number of nitro groups is 1. The van der Waals surface area contributed by atoms with Crippen molar-refractivity contribution in [1.82, 2.24) is 0 Å². The first-order chi connectivity index (χ1) is 8.82. The van der Waals surface area contributed by atoms with Crippen LogP contribution in [-0.4, -0.2) is 23.0 Å². The molecule has 1 aromatic rings. The maximum Gasteiger partial charge on any atom is 0.211 e. The average Bonchev–Trinajstić information content (AvgIpc) is 2.27. The number of nitrogens with zero attached hydrogens (tertiary/aromatic N) is 1. The highest BCUT2D eigenvalue weighted by Gasteiger charge is 2.34. The molecule has 6 heteroatoms. The van der Waals surface area contributed by atoms with E-state index < -0.39 is 23.3 Å². The van der Waals surface area contributed by atoms with Gasteiger partial charge in [0.2, 0.25) is 6.54 Å². The van der Waals surface area contributed by atoms with E-state index in [1.165, 1.54) is 13.8 Å².